The third-order valence-corrected chi connectivity index (χ3v) is 4.44. The Morgan fingerprint density at radius 2 is 2.04 bits per heavy atom. The SMILES string of the molecule is CCNC(=NCc1cccc(OC(F)F)c1)NCC(C)(C)N1CCOCC1. The Labute approximate surface area is 159 Å². The number of guanidine groups is 1. The lowest BCUT2D eigenvalue weighted by molar-refractivity contribution is -0.0498. The molecule has 1 aromatic rings. The molecule has 1 fully saturated rings. The highest BCUT2D eigenvalue weighted by Gasteiger charge is 2.28. The summed E-state index contributed by atoms with van der Waals surface area (Å²) in [6.07, 6.45) is 0. The number of ether oxygens (including phenoxy) is 2. The number of halogens is 2. The molecule has 8 heteroatoms. The molecule has 2 rings (SSSR count). The second-order valence-electron chi connectivity index (χ2n) is 6.99. The van der Waals surface area contributed by atoms with Gasteiger partial charge in [-0.15, -0.1) is 0 Å². The molecule has 0 aromatic heterocycles. The molecule has 0 amide bonds. The average Bonchev–Trinajstić information content (AvgIpc) is 2.64. The molecule has 1 aromatic carbocycles. The van der Waals surface area contributed by atoms with E-state index in [4.69, 9.17) is 4.74 Å². The van der Waals surface area contributed by atoms with E-state index in [1.165, 1.54) is 6.07 Å². The first kappa shape index (κ1) is 21.4. The standard InChI is InChI=1S/C19H30F2N4O2/c1-4-22-18(24-14-19(2,3)25-8-10-26-11-9-25)23-13-15-6-5-7-16(12-15)27-17(20)21/h5-7,12,17H,4,8-11,13-14H2,1-3H3,(H2,22,23,24). The summed E-state index contributed by atoms with van der Waals surface area (Å²) in [6.45, 7) is 8.74. The van der Waals surface area contributed by atoms with Gasteiger partial charge in [-0.05, 0) is 38.5 Å². The number of rotatable bonds is 8. The van der Waals surface area contributed by atoms with Gasteiger partial charge in [0.25, 0.3) is 0 Å². The lowest BCUT2D eigenvalue weighted by Crippen LogP contribution is -2.56. The fourth-order valence-electron chi connectivity index (χ4n) is 2.91. The maximum Gasteiger partial charge on any atom is 0.387 e. The summed E-state index contributed by atoms with van der Waals surface area (Å²) in [7, 11) is 0. The Balaban J connectivity index is 1.95. The van der Waals surface area contributed by atoms with E-state index in [9.17, 15) is 8.78 Å². The highest BCUT2D eigenvalue weighted by atomic mass is 19.3. The number of hydrogen-bond acceptors (Lipinski definition) is 4. The number of benzene rings is 1. The molecule has 2 N–H and O–H groups in total. The predicted molar refractivity (Wildman–Crippen MR) is 102 cm³/mol. The van der Waals surface area contributed by atoms with Crippen LogP contribution in [0.15, 0.2) is 29.3 Å². The number of nitrogens with one attached hydrogen (secondary N) is 2. The van der Waals surface area contributed by atoms with Crippen molar-refractivity contribution >= 4 is 5.96 Å². The molecule has 152 valence electrons. The first-order valence-electron chi connectivity index (χ1n) is 9.29. The van der Waals surface area contributed by atoms with Crippen LogP contribution in [0.2, 0.25) is 0 Å². The van der Waals surface area contributed by atoms with Gasteiger partial charge in [0.05, 0.1) is 19.8 Å². The van der Waals surface area contributed by atoms with Crippen LogP contribution in [-0.2, 0) is 11.3 Å². The number of alkyl halides is 2. The van der Waals surface area contributed by atoms with Gasteiger partial charge in [0.2, 0.25) is 0 Å². The van der Waals surface area contributed by atoms with Crippen molar-refractivity contribution < 1.29 is 18.3 Å². The molecule has 1 aliphatic heterocycles. The maximum atomic E-state index is 12.4. The van der Waals surface area contributed by atoms with E-state index in [0.29, 0.717) is 12.5 Å². The maximum absolute atomic E-state index is 12.4. The largest absolute Gasteiger partial charge is 0.435 e. The Hall–Kier alpha value is -1.93. The van der Waals surface area contributed by atoms with Crippen molar-refractivity contribution in [2.45, 2.75) is 39.5 Å². The van der Waals surface area contributed by atoms with Crippen molar-refractivity contribution in [3.63, 3.8) is 0 Å². The molecule has 27 heavy (non-hydrogen) atoms. The van der Waals surface area contributed by atoms with Gasteiger partial charge in [-0.2, -0.15) is 8.78 Å². The lowest BCUT2D eigenvalue weighted by atomic mass is 10.0. The van der Waals surface area contributed by atoms with Gasteiger partial charge < -0.3 is 20.1 Å². The van der Waals surface area contributed by atoms with Crippen LogP contribution >= 0.6 is 0 Å². The molecule has 0 saturated carbocycles. The van der Waals surface area contributed by atoms with Gasteiger partial charge >= 0.3 is 6.61 Å². The third kappa shape index (κ3) is 7.30. The van der Waals surface area contributed by atoms with Crippen molar-refractivity contribution in [1.29, 1.82) is 0 Å². The van der Waals surface area contributed by atoms with Gasteiger partial charge in [-0.25, -0.2) is 4.99 Å². The number of morpholine rings is 1. The Morgan fingerprint density at radius 1 is 1.30 bits per heavy atom. The summed E-state index contributed by atoms with van der Waals surface area (Å²) in [5, 5.41) is 6.60. The van der Waals surface area contributed by atoms with E-state index in [1.54, 1.807) is 12.1 Å². The summed E-state index contributed by atoms with van der Waals surface area (Å²) < 4.78 is 34.6. The minimum atomic E-state index is -2.83. The highest BCUT2D eigenvalue weighted by Crippen LogP contribution is 2.17. The first-order valence-corrected chi connectivity index (χ1v) is 9.29. The smallest absolute Gasteiger partial charge is 0.387 e. The quantitative estimate of drug-likeness (QED) is 0.533. The summed E-state index contributed by atoms with van der Waals surface area (Å²) in [5.74, 6) is 0.836. The molecule has 0 atom stereocenters. The van der Waals surface area contributed by atoms with E-state index >= 15 is 0 Å². The van der Waals surface area contributed by atoms with Crippen molar-refractivity contribution in [3.8, 4) is 5.75 Å². The third-order valence-electron chi connectivity index (χ3n) is 4.44. The fourth-order valence-corrected chi connectivity index (χ4v) is 2.91. The van der Waals surface area contributed by atoms with Crippen LogP contribution in [0.5, 0.6) is 5.75 Å². The van der Waals surface area contributed by atoms with Crippen LogP contribution in [0.3, 0.4) is 0 Å². The van der Waals surface area contributed by atoms with Crippen LogP contribution < -0.4 is 15.4 Å². The Bertz CT molecular complexity index is 605. The number of aliphatic imine (C=N–C) groups is 1. The monoisotopic (exact) mass is 384 g/mol. The second kappa shape index (κ2) is 10.4. The van der Waals surface area contributed by atoms with Crippen molar-refractivity contribution in [3.05, 3.63) is 29.8 Å². The zero-order chi connectivity index (χ0) is 19.7. The molecule has 6 nitrogen and oxygen atoms in total. The molecule has 0 radical (unpaired) electrons. The van der Waals surface area contributed by atoms with Crippen LogP contribution in [-0.4, -0.2) is 62.4 Å². The summed E-state index contributed by atoms with van der Waals surface area (Å²) >= 11 is 0. The zero-order valence-corrected chi connectivity index (χ0v) is 16.3. The lowest BCUT2D eigenvalue weighted by Gasteiger charge is -2.41. The first-order chi connectivity index (χ1) is 12.9. The average molecular weight is 384 g/mol. The van der Waals surface area contributed by atoms with Gasteiger partial charge in [0.1, 0.15) is 5.75 Å². The van der Waals surface area contributed by atoms with E-state index < -0.39 is 6.61 Å². The second-order valence-corrected chi connectivity index (χ2v) is 6.99. The minimum absolute atomic E-state index is 0.0367. The van der Waals surface area contributed by atoms with Crippen molar-refractivity contribution in [2.24, 2.45) is 4.99 Å². The van der Waals surface area contributed by atoms with Gasteiger partial charge in [0.15, 0.2) is 5.96 Å². The molecule has 1 heterocycles. The van der Waals surface area contributed by atoms with Crippen LogP contribution in [0.1, 0.15) is 26.3 Å². The molecule has 1 saturated heterocycles. The molecular formula is C19H30F2N4O2. The zero-order valence-electron chi connectivity index (χ0n) is 16.3. The molecular weight excluding hydrogens is 354 g/mol. The predicted octanol–water partition coefficient (Wildman–Crippen LogP) is 2.45. The molecule has 1 aliphatic rings. The minimum Gasteiger partial charge on any atom is -0.435 e. The van der Waals surface area contributed by atoms with E-state index in [-0.39, 0.29) is 11.3 Å². The molecule has 0 bridgehead atoms. The summed E-state index contributed by atoms with van der Waals surface area (Å²) in [6, 6.07) is 6.61. The van der Waals surface area contributed by atoms with Crippen LogP contribution in [0.4, 0.5) is 8.78 Å². The topological polar surface area (TPSA) is 58.1 Å². The Kier molecular flexibility index (Phi) is 8.24. The van der Waals surface area contributed by atoms with Crippen LogP contribution in [0.25, 0.3) is 0 Å². The van der Waals surface area contributed by atoms with E-state index in [0.717, 1.165) is 45.0 Å². The number of hydrogen-bond donors (Lipinski definition) is 2. The van der Waals surface area contributed by atoms with E-state index in [1.807, 2.05) is 13.0 Å². The Morgan fingerprint density at radius 3 is 2.70 bits per heavy atom. The van der Waals surface area contributed by atoms with Crippen molar-refractivity contribution in [2.75, 3.05) is 39.4 Å². The van der Waals surface area contributed by atoms with Gasteiger partial charge in [0, 0.05) is 31.7 Å². The van der Waals surface area contributed by atoms with Crippen LogP contribution in [0, 0.1) is 0 Å². The summed E-state index contributed by atoms with van der Waals surface area (Å²) in [4.78, 5) is 6.96. The van der Waals surface area contributed by atoms with Gasteiger partial charge in [-0.1, -0.05) is 12.1 Å². The number of nitrogens with zero attached hydrogens (tertiary/aromatic N) is 2. The molecule has 0 aliphatic carbocycles. The summed E-state index contributed by atoms with van der Waals surface area (Å²) in [5.41, 5.74) is 0.767. The normalized spacial score (nSPS) is 16.4. The highest BCUT2D eigenvalue weighted by molar-refractivity contribution is 5.79. The van der Waals surface area contributed by atoms with Crippen molar-refractivity contribution in [1.82, 2.24) is 15.5 Å². The molecule has 0 unspecified atom stereocenters. The van der Waals surface area contributed by atoms with E-state index in [2.05, 4.69) is 39.1 Å². The fraction of sp³-hybridized carbons (Fsp3) is 0.632. The van der Waals surface area contributed by atoms with Gasteiger partial charge in [-0.3, -0.25) is 4.90 Å². The molecule has 0 spiro atoms.